The molecule has 0 radical (unpaired) electrons. The zero-order chi connectivity index (χ0) is 17.0. The van der Waals surface area contributed by atoms with Gasteiger partial charge in [-0.25, -0.2) is 0 Å². The van der Waals surface area contributed by atoms with Gasteiger partial charge in [0.1, 0.15) is 0 Å². The fourth-order valence-electron chi connectivity index (χ4n) is 3.24. The first kappa shape index (κ1) is 18.8. The second kappa shape index (κ2) is 11.1. The average molecular weight is 331 g/mol. The van der Waals surface area contributed by atoms with Crippen molar-refractivity contribution in [3.05, 3.63) is 35.9 Å². The van der Waals surface area contributed by atoms with Crippen LogP contribution >= 0.6 is 0 Å². The van der Waals surface area contributed by atoms with E-state index in [0.29, 0.717) is 0 Å². The lowest BCUT2D eigenvalue weighted by Crippen LogP contribution is -2.39. The summed E-state index contributed by atoms with van der Waals surface area (Å²) in [5.41, 5.74) is 1.36. The van der Waals surface area contributed by atoms with E-state index >= 15 is 0 Å². The molecular formula is C20H34N4. The van der Waals surface area contributed by atoms with E-state index in [0.717, 1.165) is 37.9 Å². The lowest BCUT2D eigenvalue weighted by Gasteiger charge is -2.31. The fourth-order valence-corrected chi connectivity index (χ4v) is 3.24. The Morgan fingerprint density at radius 2 is 1.88 bits per heavy atom. The Labute approximate surface area is 147 Å². The van der Waals surface area contributed by atoms with Crippen LogP contribution in [0.1, 0.15) is 38.7 Å². The number of aliphatic imine (C=N–C) groups is 1. The standard InChI is InChI=1S/C20H34N4/c1-3-14-24-15-11-19(12-16-24)17-23-20(21-4-2)22-13-10-18-8-6-5-7-9-18/h5-9,19H,3-4,10-17H2,1-2H3,(H2,21,22,23). The highest BCUT2D eigenvalue weighted by molar-refractivity contribution is 5.79. The molecule has 1 aromatic carbocycles. The zero-order valence-electron chi connectivity index (χ0n) is 15.4. The summed E-state index contributed by atoms with van der Waals surface area (Å²) >= 11 is 0. The highest BCUT2D eigenvalue weighted by Crippen LogP contribution is 2.17. The molecule has 4 heteroatoms. The molecule has 0 spiro atoms. The minimum Gasteiger partial charge on any atom is -0.357 e. The topological polar surface area (TPSA) is 39.7 Å². The summed E-state index contributed by atoms with van der Waals surface area (Å²) in [6.45, 7) is 10.9. The van der Waals surface area contributed by atoms with E-state index in [2.05, 4.69) is 59.7 Å². The molecule has 0 aromatic heterocycles. The van der Waals surface area contributed by atoms with Crippen LogP contribution in [0.25, 0.3) is 0 Å². The number of rotatable bonds is 8. The molecule has 0 saturated carbocycles. The summed E-state index contributed by atoms with van der Waals surface area (Å²) in [7, 11) is 0. The summed E-state index contributed by atoms with van der Waals surface area (Å²) in [6, 6.07) is 10.6. The SMILES string of the molecule is CCCN1CCC(CN=C(NCC)NCCc2ccccc2)CC1. The molecule has 0 atom stereocenters. The molecule has 1 aromatic rings. The quantitative estimate of drug-likeness (QED) is 0.569. The Bertz CT molecular complexity index is 464. The van der Waals surface area contributed by atoms with Crippen molar-refractivity contribution >= 4 is 5.96 Å². The van der Waals surface area contributed by atoms with Crippen LogP contribution in [-0.4, -0.2) is 50.1 Å². The Balaban J connectivity index is 1.72. The van der Waals surface area contributed by atoms with Gasteiger partial charge in [-0.15, -0.1) is 0 Å². The van der Waals surface area contributed by atoms with Crippen molar-refractivity contribution in [2.45, 2.75) is 39.5 Å². The molecule has 0 amide bonds. The molecule has 1 saturated heterocycles. The van der Waals surface area contributed by atoms with Gasteiger partial charge < -0.3 is 15.5 Å². The van der Waals surface area contributed by atoms with Crippen LogP contribution in [0.3, 0.4) is 0 Å². The van der Waals surface area contributed by atoms with Gasteiger partial charge in [-0.05, 0) is 63.7 Å². The van der Waals surface area contributed by atoms with Gasteiger partial charge in [-0.1, -0.05) is 37.3 Å². The monoisotopic (exact) mass is 330 g/mol. The maximum Gasteiger partial charge on any atom is 0.191 e. The van der Waals surface area contributed by atoms with Crippen molar-refractivity contribution in [1.29, 1.82) is 0 Å². The third-order valence-corrected chi connectivity index (χ3v) is 4.65. The number of likely N-dealkylation sites (tertiary alicyclic amines) is 1. The lowest BCUT2D eigenvalue weighted by molar-refractivity contribution is 0.188. The second-order valence-electron chi connectivity index (χ2n) is 6.67. The molecule has 134 valence electrons. The molecular weight excluding hydrogens is 296 g/mol. The van der Waals surface area contributed by atoms with Crippen LogP contribution in [-0.2, 0) is 6.42 Å². The van der Waals surface area contributed by atoms with Crippen LogP contribution in [0.5, 0.6) is 0 Å². The summed E-state index contributed by atoms with van der Waals surface area (Å²) in [6.07, 6.45) is 4.86. The summed E-state index contributed by atoms with van der Waals surface area (Å²) in [5.74, 6) is 1.70. The minimum atomic E-state index is 0.739. The molecule has 24 heavy (non-hydrogen) atoms. The van der Waals surface area contributed by atoms with E-state index in [9.17, 15) is 0 Å². The van der Waals surface area contributed by atoms with Gasteiger partial charge in [0.25, 0.3) is 0 Å². The third kappa shape index (κ3) is 6.91. The number of benzene rings is 1. The molecule has 1 heterocycles. The van der Waals surface area contributed by atoms with E-state index in [1.807, 2.05) is 0 Å². The van der Waals surface area contributed by atoms with Gasteiger partial charge >= 0.3 is 0 Å². The van der Waals surface area contributed by atoms with Crippen LogP contribution in [0.4, 0.5) is 0 Å². The first-order chi connectivity index (χ1) is 11.8. The molecule has 0 aliphatic carbocycles. The summed E-state index contributed by atoms with van der Waals surface area (Å²) in [4.78, 5) is 7.40. The molecule has 1 aliphatic heterocycles. The van der Waals surface area contributed by atoms with Crippen molar-refractivity contribution in [2.75, 3.05) is 39.3 Å². The van der Waals surface area contributed by atoms with E-state index in [-0.39, 0.29) is 0 Å². The maximum atomic E-state index is 4.82. The maximum absolute atomic E-state index is 4.82. The van der Waals surface area contributed by atoms with E-state index in [1.54, 1.807) is 0 Å². The Morgan fingerprint density at radius 3 is 2.54 bits per heavy atom. The number of piperidine rings is 1. The van der Waals surface area contributed by atoms with Crippen molar-refractivity contribution in [2.24, 2.45) is 10.9 Å². The van der Waals surface area contributed by atoms with Crippen molar-refractivity contribution < 1.29 is 0 Å². The van der Waals surface area contributed by atoms with E-state index < -0.39 is 0 Å². The van der Waals surface area contributed by atoms with Gasteiger partial charge in [0.15, 0.2) is 5.96 Å². The molecule has 1 aliphatic rings. The second-order valence-corrected chi connectivity index (χ2v) is 6.67. The molecule has 2 rings (SSSR count). The molecule has 0 unspecified atom stereocenters. The highest BCUT2D eigenvalue weighted by Gasteiger charge is 2.18. The Kier molecular flexibility index (Phi) is 8.67. The van der Waals surface area contributed by atoms with Crippen LogP contribution in [0.15, 0.2) is 35.3 Å². The van der Waals surface area contributed by atoms with Crippen LogP contribution < -0.4 is 10.6 Å². The predicted molar refractivity (Wildman–Crippen MR) is 104 cm³/mol. The summed E-state index contributed by atoms with van der Waals surface area (Å²) < 4.78 is 0. The minimum absolute atomic E-state index is 0.739. The summed E-state index contributed by atoms with van der Waals surface area (Å²) in [5, 5.41) is 6.83. The predicted octanol–water partition coefficient (Wildman–Crippen LogP) is 2.91. The van der Waals surface area contributed by atoms with Crippen molar-refractivity contribution in [3.63, 3.8) is 0 Å². The van der Waals surface area contributed by atoms with Crippen LogP contribution in [0.2, 0.25) is 0 Å². The smallest absolute Gasteiger partial charge is 0.191 e. The van der Waals surface area contributed by atoms with Gasteiger partial charge in [-0.2, -0.15) is 0 Å². The van der Waals surface area contributed by atoms with Gasteiger partial charge in [0.05, 0.1) is 0 Å². The highest BCUT2D eigenvalue weighted by atomic mass is 15.2. The number of guanidine groups is 1. The molecule has 1 fully saturated rings. The lowest BCUT2D eigenvalue weighted by atomic mass is 9.97. The normalized spacial score (nSPS) is 17.0. The fraction of sp³-hybridized carbons (Fsp3) is 0.650. The number of nitrogens with zero attached hydrogens (tertiary/aromatic N) is 2. The number of hydrogen-bond acceptors (Lipinski definition) is 2. The van der Waals surface area contributed by atoms with Gasteiger partial charge in [-0.3, -0.25) is 4.99 Å². The number of hydrogen-bond donors (Lipinski definition) is 2. The first-order valence-corrected chi connectivity index (χ1v) is 9.60. The van der Waals surface area contributed by atoms with E-state index in [4.69, 9.17) is 4.99 Å². The van der Waals surface area contributed by atoms with E-state index in [1.165, 1.54) is 44.5 Å². The first-order valence-electron chi connectivity index (χ1n) is 9.60. The Morgan fingerprint density at radius 1 is 1.12 bits per heavy atom. The molecule has 2 N–H and O–H groups in total. The van der Waals surface area contributed by atoms with Gasteiger partial charge in [0, 0.05) is 19.6 Å². The molecule has 4 nitrogen and oxygen atoms in total. The Hall–Kier alpha value is -1.55. The largest absolute Gasteiger partial charge is 0.357 e. The average Bonchev–Trinajstić information content (AvgIpc) is 2.62. The zero-order valence-corrected chi connectivity index (χ0v) is 15.4. The van der Waals surface area contributed by atoms with Crippen molar-refractivity contribution in [1.82, 2.24) is 15.5 Å². The van der Waals surface area contributed by atoms with Crippen molar-refractivity contribution in [3.8, 4) is 0 Å². The van der Waals surface area contributed by atoms with Crippen LogP contribution in [0, 0.1) is 5.92 Å². The molecule has 0 bridgehead atoms. The number of nitrogens with one attached hydrogen (secondary N) is 2. The third-order valence-electron chi connectivity index (χ3n) is 4.65. The van der Waals surface area contributed by atoms with Gasteiger partial charge in [0.2, 0.25) is 0 Å².